The number of hydrogen-bond acceptors (Lipinski definition) is 0. The number of rotatable bonds is 18. The summed E-state index contributed by atoms with van der Waals surface area (Å²) < 4.78 is 261. The van der Waals surface area contributed by atoms with Crippen molar-refractivity contribution in [2.75, 3.05) is 0 Å². The van der Waals surface area contributed by atoms with E-state index in [0.29, 0.717) is 37.5 Å². The Morgan fingerprint density at radius 3 is 1.15 bits per heavy atom. The lowest BCUT2D eigenvalue weighted by molar-refractivity contribution is -0.469. The quantitative estimate of drug-likeness (QED) is 0.102. The Hall–Kier alpha value is -2.11. The molecule has 0 unspecified atom stereocenters. The molecule has 0 N–H and O–H groups in total. The molecule has 55 heavy (non-hydrogen) atoms. The SMILES string of the molecule is CCCCCCCC1CCC(CCC2CCC(c3ccc(C(F)(F)C(F)(F)C(F)(F)C(F)(F)C(F)(F)C(F)(F)C(F)(F)C(F)(F)C(F)(F)F)cc3)CC2)CC1. The van der Waals surface area contributed by atoms with Gasteiger partial charge in [-0.2, -0.15) is 83.4 Å². The second kappa shape index (κ2) is 16.6. The van der Waals surface area contributed by atoms with Crippen LogP contribution in [0.4, 0.5) is 83.4 Å². The second-order valence-electron chi connectivity index (χ2n) is 15.1. The van der Waals surface area contributed by atoms with Gasteiger partial charge in [-0.3, -0.25) is 0 Å². The van der Waals surface area contributed by atoms with Crippen LogP contribution in [0.1, 0.15) is 127 Å². The molecule has 0 nitrogen and oxygen atoms in total. The summed E-state index contributed by atoms with van der Waals surface area (Å²) >= 11 is 0. The summed E-state index contributed by atoms with van der Waals surface area (Å²) in [5.74, 6) is -65.3. The molecule has 1 aromatic rings. The average molecular weight is 837 g/mol. The Bertz CT molecular complexity index is 1350. The van der Waals surface area contributed by atoms with Crippen molar-refractivity contribution in [3.05, 3.63) is 35.4 Å². The predicted octanol–water partition coefficient (Wildman–Crippen LogP) is 15.0. The first-order valence-electron chi connectivity index (χ1n) is 18.1. The Labute approximate surface area is 306 Å². The topological polar surface area (TPSA) is 0 Å². The van der Waals surface area contributed by atoms with Crippen molar-refractivity contribution >= 4 is 0 Å². The van der Waals surface area contributed by atoms with E-state index >= 15 is 0 Å². The van der Waals surface area contributed by atoms with E-state index in [1.807, 2.05) is 0 Å². The Morgan fingerprint density at radius 1 is 0.400 bits per heavy atom. The van der Waals surface area contributed by atoms with E-state index in [0.717, 1.165) is 43.7 Å². The van der Waals surface area contributed by atoms with Crippen molar-refractivity contribution in [1.29, 1.82) is 0 Å². The summed E-state index contributed by atoms with van der Waals surface area (Å²) in [6.07, 6.45) is 8.60. The molecule has 320 valence electrons. The van der Waals surface area contributed by atoms with Gasteiger partial charge in [-0.1, -0.05) is 108 Å². The van der Waals surface area contributed by atoms with Crippen LogP contribution in [0.15, 0.2) is 24.3 Å². The smallest absolute Gasteiger partial charge is 0.194 e. The molecular formula is C36H43F19. The van der Waals surface area contributed by atoms with E-state index in [9.17, 15) is 83.4 Å². The standard InChI is InChI=1S/C36H43F19/c1-2-3-4-5-6-7-22-8-10-23(11-9-22)12-13-24-14-16-25(17-15-24)26-18-20-27(21-19-26)28(37,38)29(39,40)30(41,42)31(43,44)32(45,46)33(47,48)34(49,50)35(51,52)36(53,54)55/h18-25H,2-17H2,1H3. The molecule has 2 saturated carbocycles. The van der Waals surface area contributed by atoms with Gasteiger partial charge in [-0.15, -0.1) is 0 Å². The van der Waals surface area contributed by atoms with Gasteiger partial charge in [0.15, 0.2) is 0 Å². The first kappa shape index (κ1) is 47.3. The van der Waals surface area contributed by atoms with Gasteiger partial charge in [-0.05, 0) is 54.9 Å². The van der Waals surface area contributed by atoms with Gasteiger partial charge >= 0.3 is 53.6 Å². The third kappa shape index (κ3) is 8.69. The van der Waals surface area contributed by atoms with Crippen LogP contribution in [0, 0.1) is 17.8 Å². The van der Waals surface area contributed by atoms with E-state index in [1.165, 1.54) is 51.4 Å². The van der Waals surface area contributed by atoms with Gasteiger partial charge in [0.05, 0.1) is 0 Å². The molecule has 2 fully saturated rings. The molecule has 0 spiro atoms. The molecule has 0 aliphatic heterocycles. The maximum Gasteiger partial charge on any atom is 0.460 e. The Balaban J connectivity index is 1.65. The second-order valence-corrected chi connectivity index (χ2v) is 15.1. The van der Waals surface area contributed by atoms with Gasteiger partial charge in [-0.25, -0.2) is 0 Å². The molecule has 0 atom stereocenters. The first-order chi connectivity index (χ1) is 25.0. The van der Waals surface area contributed by atoms with E-state index in [1.54, 1.807) is 0 Å². The zero-order valence-electron chi connectivity index (χ0n) is 29.6. The highest BCUT2D eigenvalue weighted by atomic mass is 19.4. The lowest BCUT2D eigenvalue weighted by Gasteiger charge is -2.43. The van der Waals surface area contributed by atoms with Crippen molar-refractivity contribution in [1.82, 2.24) is 0 Å². The summed E-state index contributed by atoms with van der Waals surface area (Å²) in [6, 6.07) is 1.53. The highest BCUT2D eigenvalue weighted by molar-refractivity contribution is 5.31. The normalized spacial score (nSPS) is 23.3. The lowest BCUT2D eigenvalue weighted by atomic mass is 9.74. The molecular weight excluding hydrogens is 793 g/mol. The summed E-state index contributed by atoms with van der Waals surface area (Å²) in [6.45, 7) is 2.17. The Morgan fingerprint density at radius 2 is 0.745 bits per heavy atom. The first-order valence-corrected chi connectivity index (χ1v) is 18.1. The van der Waals surface area contributed by atoms with E-state index in [4.69, 9.17) is 0 Å². The van der Waals surface area contributed by atoms with Gasteiger partial charge < -0.3 is 0 Å². The molecule has 0 amide bonds. The largest absolute Gasteiger partial charge is 0.460 e. The number of hydrogen-bond donors (Lipinski definition) is 0. The van der Waals surface area contributed by atoms with Crippen LogP contribution < -0.4 is 0 Å². The monoisotopic (exact) mass is 836 g/mol. The molecule has 1 aromatic carbocycles. The van der Waals surface area contributed by atoms with Crippen LogP contribution in [0.25, 0.3) is 0 Å². The van der Waals surface area contributed by atoms with Crippen molar-refractivity contribution in [2.45, 2.75) is 169 Å². The summed E-state index contributed by atoms with van der Waals surface area (Å²) in [4.78, 5) is 0. The van der Waals surface area contributed by atoms with Crippen molar-refractivity contribution < 1.29 is 83.4 Å². The predicted molar refractivity (Wildman–Crippen MR) is 164 cm³/mol. The fraction of sp³-hybridized carbons (Fsp3) is 0.833. The van der Waals surface area contributed by atoms with Crippen molar-refractivity contribution in [3.8, 4) is 0 Å². The van der Waals surface area contributed by atoms with Crippen LogP contribution in [-0.4, -0.2) is 47.6 Å². The van der Waals surface area contributed by atoms with Gasteiger partial charge in [0.1, 0.15) is 0 Å². The number of halogens is 19. The van der Waals surface area contributed by atoms with Crippen LogP contribution in [0.5, 0.6) is 0 Å². The molecule has 0 bridgehead atoms. The van der Waals surface area contributed by atoms with Crippen LogP contribution >= 0.6 is 0 Å². The van der Waals surface area contributed by atoms with Gasteiger partial charge in [0.25, 0.3) is 0 Å². The molecule has 0 aromatic heterocycles. The minimum atomic E-state index is -8.92. The molecule has 19 heteroatoms. The third-order valence-corrected chi connectivity index (χ3v) is 11.4. The van der Waals surface area contributed by atoms with Crippen LogP contribution in [-0.2, 0) is 5.92 Å². The van der Waals surface area contributed by atoms with Crippen molar-refractivity contribution in [3.63, 3.8) is 0 Å². The summed E-state index contributed by atoms with van der Waals surface area (Å²) in [5.41, 5.74) is -2.04. The van der Waals surface area contributed by atoms with Crippen LogP contribution in [0.3, 0.4) is 0 Å². The van der Waals surface area contributed by atoms with Gasteiger partial charge in [0.2, 0.25) is 0 Å². The Kier molecular flexibility index (Phi) is 14.3. The maximum atomic E-state index is 14.8. The van der Waals surface area contributed by atoms with E-state index in [2.05, 4.69) is 6.92 Å². The van der Waals surface area contributed by atoms with Crippen LogP contribution in [0.2, 0.25) is 0 Å². The highest BCUT2D eigenvalue weighted by Gasteiger charge is 2.96. The summed E-state index contributed by atoms with van der Waals surface area (Å²) in [7, 11) is 0. The average Bonchev–Trinajstić information content (AvgIpc) is 3.10. The van der Waals surface area contributed by atoms with E-state index < -0.39 is 59.1 Å². The fourth-order valence-corrected chi connectivity index (χ4v) is 7.61. The molecule has 0 heterocycles. The number of alkyl halides is 19. The zero-order chi connectivity index (χ0) is 42.1. The van der Waals surface area contributed by atoms with Gasteiger partial charge in [0, 0.05) is 5.56 Å². The molecule has 0 saturated heterocycles. The number of unbranched alkanes of at least 4 members (excludes halogenated alkanes) is 4. The zero-order valence-corrected chi connectivity index (χ0v) is 29.6. The molecule has 0 radical (unpaired) electrons. The minimum absolute atomic E-state index is 0.0376. The molecule has 2 aliphatic rings. The van der Waals surface area contributed by atoms with E-state index in [-0.39, 0.29) is 23.6 Å². The minimum Gasteiger partial charge on any atom is -0.194 e. The third-order valence-electron chi connectivity index (χ3n) is 11.4. The maximum absolute atomic E-state index is 14.8. The molecule has 2 aliphatic carbocycles. The summed E-state index contributed by atoms with van der Waals surface area (Å²) in [5, 5.41) is 0. The van der Waals surface area contributed by atoms with Crippen molar-refractivity contribution in [2.24, 2.45) is 17.8 Å². The highest BCUT2D eigenvalue weighted by Crippen LogP contribution is 2.66. The number of benzene rings is 1. The fourth-order valence-electron chi connectivity index (χ4n) is 7.61. The molecule has 3 rings (SSSR count). The lowest BCUT2D eigenvalue weighted by Crippen LogP contribution is -2.75.